The molecule has 1 atom stereocenters. The van der Waals surface area contributed by atoms with Gasteiger partial charge in [-0.3, -0.25) is 4.79 Å². The van der Waals surface area contributed by atoms with Crippen molar-refractivity contribution in [1.82, 2.24) is 10.1 Å². The van der Waals surface area contributed by atoms with Crippen molar-refractivity contribution in [1.29, 1.82) is 0 Å². The van der Waals surface area contributed by atoms with E-state index in [4.69, 9.17) is 16.1 Å². The number of amides is 1. The standard InChI is InChI=1S/C21H21ClN4O2/c1-13-9-16(22)7-8-18(13)26-12-15(11-19(26)27)20-23-21(28-24-20)14-5-4-6-17(10-14)25(2)3/h4-10,15H,11-12H2,1-3H3. The number of benzene rings is 2. The summed E-state index contributed by atoms with van der Waals surface area (Å²) in [5, 5.41) is 4.81. The van der Waals surface area contributed by atoms with Crippen molar-refractivity contribution in [3.05, 3.63) is 58.9 Å². The number of aromatic nitrogens is 2. The molecule has 1 fully saturated rings. The third-order valence-corrected chi connectivity index (χ3v) is 5.23. The van der Waals surface area contributed by atoms with Crippen molar-refractivity contribution in [3.8, 4) is 11.5 Å². The Morgan fingerprint density at radius 2 is 2.04 bits per heavy atom. The van der Waals surface area contributed by atoms with Crippen molar-refractivity contribution in [2.45, 2.75) is 19.3 Å². The molecule has 4 rings (SSSR count). The molecule has 0 saturated carbocycles. The second-order valence-electron chi connectivity index (χ2n) is 7.24. The van der Waals surface area contributed by atoms with Gasteiger partial charge in [-0.25, -0.2) is 0 Å². The number of rotatable bonds is 4. The summed E-state index contributed by atoms with van der Waals surface area (Å²) >= 11 is 6.04. The maximum absolute atomic E-state index is 12.6. The van der Waals surface area contributed by atoms with E-state index in [1.54, 1.807) is 11.0 Å². The van der Waals surface area contributed by atoms with Crippen LogP contribution in [-0.4, -0.2) is 36.7 Å². The number of nitrogens with zero attached hydrogens (tertiary/aromatic N) is 4. The second kappa shape index (κ2) is 7.28. The maximum atomic E-state index is 12.6. The molecule has 0 bridgehead atoms. The highest BCUT2D eigenvalue weighted by atomic mass is 35.5. The van der Waals surface area contributed by atoms with Crippen LogP contribution in [0, 0.1) is 6.92 Å². The van der Waals surface area contributed by atoms with Gasteiger partial charge in [-0.05, 0) is 48.9 Å². The van der Waals surface area contributed by atoms with Crippen molar-refractivity contribution < 1.29 is 9.32 Å². The van der Waals surface area contributed by atoms with Gasteiger partial charge in [0.1, 0.15) is 0 Å². The Morgan fingerprint density at radius 3 is 2.79 bits per heavy atom. The van der Waals surface area contributed by atoms with Gasteiger partial charge >= 0.3 is 0 Å². The minimum Gasteiger partial charge on any atom is -0.378 e. The summed E-state index contributed by atoms with van der Waals surface area (Å²) in [6, 6.07) is 13.5. The fraction of sp³-hybridized carbons (Fsp3) is 0.286. The van der Waals surface area contributed by atoms with Crippen LogP contribution in [0.1, 0.15) is 23.7 Å². The van der Waals surface area contributed by atoms with E-state index in [1.807, 2.05) is 62.3 Å². The molecule has 144 valence electrons. The first-order chi connectivity index (χ1) is 13.4. The Labute approximate surface area is 168 Å². The molecular weight excluding hydrogens is 376 g/mol. The molecular formula is C21H21ClN4O2. The number of aryl methyl sites for hydroxylation is 1. The van der Waals surface area contributed by atoms with Gasteiger partial charge in [-0.15, -0.1) is 0 Å². The van der Waals surface area contributed by atoms with E-state index in [0.717, 1.165) is 22.5 Å². The zero-order valence-corrected chi connectivity index (χ0v) is 16.8. The molecule has 7 heteroatoms. The molecule has 28 heavy (non-hydrogen) atoms. The van der Waals surface area contributed by atoms with Crippen molar-refractivity contribution in [3.63, 3.8) is 0 Å². The number of carbonyl (C=O) groups excluding carboxylic acids is 1. The average molecular weight is 397 g/mol. The SMILES string of the molecule is Cc1cc(Cl)ccc1N1CC(c2noc(-c3cccc(N(C)C)c3)n2)CC1=O. The van der Waals surface area contributed by atoms with Gasteiger partial charge in [-0.2, -0.15) is 4.98 Å². The Hall–Kier alpha value is -2.86. The minimum absolute atomic E-state index is 0.0522. The first-order valence-electron chi connectivity index (χ1n) is 9.10. The van der Waals surface area contributed by atoms with Gasteiger partial charge in [0.25, 0.3) is 5.89 Å². The molecule has 1 saturated heterocycles. The molecule has 1 aliphatic rings. The summed E-state index contributed by atoms with van der Waals surface area (Å²) in [6.45, 7) is 2.48. The molecule has 0 N–H and O–H groups in total. The van der Waals surface area contributed by atoms with E-state index in [0.29, 0.717) is 29.7 Å². The lowest BCUT2D eigenvalue weighted by molar-refractivity contribution is -0.117. The summed E-state index contributed by atoms with van der Waals surface area (Å²) in [4.78, 5) is 21.0. The summed E-state index contributed by atoms with van der Waals surface area (Å²) in [6.07, 6.45) is 0.360. The molecule has 2 heterocycles. The van der Waals surface area contributed by atoms with E-state index >= 15 is 0 Å². The van der Waals surface area contributed by atoms with Gasteiger partial charge < -0.3 is 14.3 Å². The van der Waals surface area contributed by atoms with Crippen LogP contribution in [0.25, 0.3) is 11.5 Å². The summed E-state index contributed by atoms with van der Waals surface area (Å²) in [5.41, 5.74) is 3.76. The van der Waals surface area contributed by atoms with E-state index in [9.17, 15) is 4.79 Å². The van der Waals surface area contributed by atoms with Crippen LogP contribution in [0.2, 0.25) is 5.02 Å². The number of hydrogen-bond donors (Lipinski definition) is 0. The molecule has 1 amide bonds. The molecule has 3 aromatic rings. The van der Waals surface area contributed by atoms with Crippen LogP contribution in [-0.2, 0) is 4.79 Å². The predicted octanol–water partition coefficient (Wildman–Crippen LogP) is 4.28. The highest BCUT2D eigenvalue weighted by Crippen LogP contribution is 2.34. The lowest BCUT2D eigenvalue weighted by Gasteiger charge is -2.18. The lowest BCUT2D eigenvalue weighted by atomic mass is 10.1. The zero-order chi connectivity index (χ0) is 19.8. The van der Waals surface area contributed by atoms with Crippen LogP contribution in [0.4, 0.5) is 11.4 Å². The fourth-order valence-electron chi connectivity index (χ4n) is 3.47. The van der Waals surface area contributed by atoms with Crippen LogP contribution in [0.5, 0.6) is 0 Å². The average Bonchev–Trinajstić information content (AvgIpc) is 3.29. The number of anilines is 2. The van der Waals surface area contributed by atoms with Crippen LogP contribution in [0.3, 0.4) is 0 Å². The van der Waals surface area contributed by atoms with Gasteiger partial charge in [0.2, 0.25) is 5.91 Å². The topological polar surface area (TPSA) is 62.5 Å². The van der Waals surface area contributed by atoms with E-state index < -0.39 is 0 Å². The Kier molecular flexibility index (Phi) is 4.81. The third kappa shape index (κ3) is 3.47. The van der Waals surface area contributed by atoms with Gasteiger partial charge in [0, 0.05) is 54.9 Å². The molecule has 1 aromatic heterocycles. The van der Waals surface area contributed by atoms with Crippen LogP contribution < -0.4 is 9.80 Å². The quantitative estimate of drug-likeness (QED) is 0.658. The first kappa shape index (κ1) is 18.5. The summed E-state index contributed by atoms with van der Waals surface area (Å²) < 4.78 is 5.49. The van der Waals surface area contributed by atoms with E-state index in [1.165, 1.54) is 0 Å². The number of halogens is 1. The monoisotopic (exact) mass is 396 g/mol. The van der Waals surface area contributed by atoms with Gasteiger partial charge in [-0.1, -0.05) is 22.8 Å². The fourth-order valence-corrected chi connectivity index (χ4v) is 3.70. The zero-order valence-electron chi connectivity index (χ0n) is 16.0. The summed E-state index contributed by atoms with van der Waals surface area (Å²) in [5.74, 6) is 0.980. The van der Waals surface area contributed by atoms with Gasteiger partial charge in [0.15, 0.2) is 5.82 Å². The molecule has 0 radical (unpaired) electrons. The van der Waals surface area contributed by atoms with E-state index in [2.05, 4.69) is 10.1 Å². The predicted molar refractivity (Wildman–Crippen MR) is 110 cm³/mol. The van der Waals surface area contributed by atoms with Crippen molar-refractivity contribution in [2.24, 2.45) is 0 Å². The molecule has 0 spiro atoms. The highest BCUT2D eigenvalue weighted by molar-refractivity contribution is 6.30. The largest absolute Gasteiger partial charge is 0.378 e. The third-order valence-electron chi connectivity index (χ3n) is 4.99. The Balaban J connectivity index is 1.56. The molecule has 1 unspecified atom stereocenters. The normalized spacial score (nSPS) is 16.6. The number of hydrogen-bond acceptors (Lipinski definition) is 5. The molecule has 1 aliphatic heterocycles. The molecule has 2 aromatic carbocycles. The highest BCUT2D eigenvalue weighted by Gasteiger charge is 2.35. The van der Waals surface area contributed by atoms with Gasteiger partial charge in [0.05, 0.1) is 0 Å². The number of carbonyl (C=O) groups is 1. The molecule has 6 nitrogen and oxygen atoms in total. The Morgan fingerprint density at radius 1 is 1.21 bits per heavy atom. The van der Waals surface area contributed by atoms with Crippen LogP contribution in [0.15, 0.2) is 47.0 Å². The lowest BCUT2D eigenvalue weighted by Crippen LogP contribution is -2.25. The van der Waals surface area contributed by atoms with Crippen LogP contribution >= 0.6 is 11.6 Å². The Bertz CT molecular complexity index is 1030. The molecule has 0 aliphatic carbocycles. The first-order valence-corrected chi connectivity index (χ1v) is 9.48. The van der Waals surface area contributed by atoms with Crippen molar-refractivity contribution >= 4 is 28.9 Å². The maximum Gasteiger partial charge on any atom is 0.258 e. The van der Waals surface area contributed by atoms with E-state index in [-0.39, 0.29) is 11.8 Å². The summed E-state index contributed by atoms with van der Waals surface area (Å²) in [7, 11) is 3.96. The van der Waals surface area contributed by atoms with Crippen molar-refractivity contribution in [2.75, 3.05) is 30.4 Å². The minimum atomic E-state index is -0.0999. The smallest absolute Gasteiger partial charge is 0.258 e. The second-order valence-corrected chi connectivity index (χ2v) is 7.68.